The molecule has 0 aromatic carbocycles. The first-order chi connectivity index (χ1) is 11.1. The number of rotatable bonds is 7. The van der Waals surface area contributed by atoms with Gasteiger partial charge in [0.2, 0.25) is 0 Å². The van der Waals surface area contributed by atoms with Gasteiger partial charge in [-0.25, -0.2) is 0 Å². The number of ether oxygens (including phenoxy) is 1. The molecule has 0 aromatic rings. The predicted octanol–water partition coefficient (Wildman–Crippen LogP) is 5.96. The largest absolute Gasteiger partial charge is 0.512 e. The molecule has 0 radical (unpaired) electrons. The second kappa shape index (κ2) is 8.73. The van der Waals surface area contributed by atoms with Gasteiger partial charge >= 0.3 is 0 Å². The molecule has 0 aromatic heterocycles. The second-order valence-corrected chi connectivity index (χ2v) is 7.29. The predicted molar refractivity (Wildman–Crippen MR) is 97.5 cm³/mol. The van der Waals surface area contributed by atoms with Crippen LogP contribution in [-0.4, -0.2) is 18.3 Å². The zero-order valence-corrected chi connectivity index (χ0v) is 15.3. The smallest absolute Gasteiger partial charge is 0.0991 e. The topological polar surface area (TPSA) is 29.5 Å². The summed E-state index contributed by atoms with van der Waals surface area (Å²) in [6, 6.07) is 0. The summed E-state index contributed by atoms with van der Waals surface area (Å²) in [7, 11) is 1.77. The fourth-order valence-electron chi connectivity index (χ4n) is 4.21. The quantitative estimate of drug-likeness (QED) is 0.463. The van der Waals surface area contributed by atoms with Crippen molar-refractivity contribution in [2.75, 3.05) is 7.11 Å². The molecular weight excluding hydrogens is 284 g/mol. The Balaban J connectivity index is 2.19. The van der Waals surface area contributed by atoms with E-state index in [0.29, 0.717) is 17.6 Å². The first kappa shape index (κ1) is 18.3. The summed E-state index contributed by atoms with van der Waals surface area (Å²) >= 11 is 0. The highest BCUT2D eigenvalue weighted by molar-refractivity contribution is 5.31. The van der Waals surface area contributed by atoms with E-state index in [1.54, 1.807) is 7.11 Å². The number of hydrogen-bond acceptors (Lipinski definition) is 2. The Morgan fingerprint density at radius 3 is 2.65 bits per heavy atom. The monoisotopic (exact) mass is 318 g/mol. The highest BCUT2D eigenvalue weighted by atomic mass is 16.5. The molecule has 2 nitrogen and oxygen atoms in total. The number of aliphatic hydroxyl groups excluding tert-OH is 1. The average Bonchev–Trinajstić information content (AvgIpc) is 2.54. The minimum Gasteiger partial charge on any atom is -0.512 e. The molecule has 0 heterocycles. The molecule has 2 unspecified atom stereocenters. The average molecular weight is 319 g/mol. The third-order valence-corrected chi connectivity index (χ3v) is 5.62. The van der Waals surface area contributed by atoms with Crippen LogP contribution in [0.5, 0.6) is 0 Å². The van der Waals surface area contributed by atoms with E-state index in [1.165, 1.54) is 49.7 Å². The van der Waals surface area contributed by atoms with Gasteiger partial charge in [-0.15, -0.1) is 0 Å². The van der Waals surface area contributed by atoms with E-state index in [0.717, 1.165) is 6.42 Å². The molecule has 4 atom stereocenters. The zero-order valence-electron chi connectivity index (χ0n) is 15.3. The Morgan fingerprint density at radius 2 is 2.00 bits per heavy atom. The van der Waals surface area contributed by atoms with Gasteiger partial charge in [-0.05, 0) is 56.1 Å². The van der Waals surface area contributed by atoms with Gasteiger partial charge in [0.1, 0.15) is 0 Å². The second-order valence-electron chi connectivity index (χ2n) is 7.29. The van der Waals surface area contributed by atoms with E-state index < -0.39 is 0 Å². The Bertz CT molecular complexity index is 472. The summed E-state index contributed by atoms with van der Waals surface area (Å²) < 4.78 is 5.79. The molecule has 2 aliphatic carbocycles. The standard InChI is InChI=1S/C21H34O2/c1-5-7-8-9-16-13-19(22)21(20(14-16)23-4)18-12-15(3)10-11-17(18)6-2/h12-14,17-18,20-22H,5-11H2,1-4H3/t17-,18-,20?,21?/m1/s1. The van der Waals surface area contributed by atoms with Crippen molar-refractivity contribution < 1.29 is 9.84 Å². The Labute approximate surface area is 142 Å². The van der Waals surface area contributed by atoms with Crippen molar-refractivity contribution in [2.45, 2.75) is 71.8 Å². The molecular formula is C21H34O2. The normalized spacial score (nSPS) is 31.4. The molecule has 23 heavy (non-hydrogen) atoms. The number of aliphatic hydroxyl groups is 1. The minimum atomic E-state index is -0.00201. The van der Waals surface area contributed by atoms with Gasteiger partial charge in [0.05, 0.1) is 17.8 Å². The van der Waals surface area contributed by atoms with Crippen LogP contribution >= 0.6 is 0 Å². The number of unbranched alkanes of at least 4 members (excludes halogenated alkanes) is 2. The van der Waals surface area contributed by atoms with E-state index in [2.05, 4.69) is 32.9 Å². The lowest BCUT2D eigenvalue weighted by atomic mass is 9.69. The third-order valence-electron chi connectivity index (χ3n) is 5.62. The van der Waals surface area contributed by atoms with Crippen molar-refractivity contribution in [1.82, 2.24) is 0 Å². The van der Waals surface area contributed by atoms with Crippen molar-refractivity contribution >= 4 is 0 Å². The molecule has 0 spiro atoms. The summed E-state index contributed by atoms with van der Waals surface area (Å²) in [5, 5.41) is 10.8. The van der Waals surface area contributed by atoms with Gasteiger partial charge in [0.15, 0.2) is 0 Å². The van der Waals surface area contributed by atoms with Crippen LogP contribution in [0.25, 0.3) is 0 Å². The molecule has 0 amide bonds. The van der Waals surface area contributed by atoms with Crippen LogP contribution in [0.3, 0.4) is 0 Å². The number of methoxy groups -OCH3 is 1. The Hall–Kier alpha value is -1.02. The molecule has 1 N–H and O–H groups in total. The Kier molecular flexibility index (Phi) is 6.95. The van der Waals surface area contributed by atoms with Gasteiger partial charge in [-0.1, -0.05) is 50.8 Å². The first-order valence-corrected chi connectivity index (χ1v) is 9.42. The molecule has 0 fully saturated rings. The van der Waals surface area contributed by atoms with E-state index >= 15 is 0 Å². The SMILES string of the molecule is CCCCCC1=CC(OC)C([C@@H]2C=C(C)CC[C@H]2CC)C(O)=C1. The summed E-state index contributed by atoms with van der Waals surface area (Å²) in [6.45, 7) is 6.71. The molecule has 0 bridgehead atoms. The maximum absolute atomic E-state index is 10.8. The maximum atomic E-state index is 10.8. The molecule has 130 valence electrons. The maximum Gasteiger partial charge on any atom is 0.0991 e. The highest BCUT2D eigenvalue weighted by Crippen LogP contribution is 2.42. The lowest BCUT2D eigenvalue weighted by Gasteiger charge is -2.39. The number of hydrogen-bond donors (Lipinski definition) is 1. The molecule has 0 aliphatic heterocycles. The summed E-state index contributed by atoms with van der Waals surface area (Å²) in [5.41, 5.74) is 2.70. The molecule has 0 saturated heterocycles. The van der Waals surface area contributed by atoms with Crippen molar-refractivity contribution in [3.63, 3.8) is 0 Å². The van der Waals surface area contributed by atoms with E-state index in [4.69, 9.17) is 4.74 Å². The van der Waals surface area contributed by atoms with Gasteiger partial charge in [0, 0.05) is 7.11 Å². The van der Waals surface area contributed by atoms with Crippen LogP contribution in [0.2, 0.25) is 0 Å². The van der Waals surface area contributed by atoms with Crippen LogP contribution < -0.4 is 0 Å². The molecule has 0 saturated carbocycles. The van der Waals surface area contributed by atoms with Crippen LogP contribution in [0.4, 0.5) is 0 Å². The van der Waals surface area contributed by atoms with Gasteiger partial charge in [-0.3, -0.25) is 0 Å². The van der Waals surface area contributed by atoms with Crippen molar-refractivity contribution in [2.24, 2.45) is 17.8 Å². The van der Waals surface area contributed by atoms with Crippen LogP contribution in [0.15, 0.2) is 35.1 Å². The first-order valence-electron chi connectivity index (χ1n) is 9.42. The molecule has 2 heteroatoms. The zero-order chi connectivity index (χ0) is 16.8. The van der Waals surface area contributed by atoms with Gasteiger partial charge < -0.3 is 9.84 Å². The third kappa shape index (κ3) is 4.50. The Morgan fingerprint density at radius 1 is 1.22 bits per heavy atom. The summed E-state index contributed by atoms with van der Waals surface area (Å²) in [5.74, 6) is 1.64. The fraction of sp³-hybridized carbons (Fsp3) is 0.714. The van der Waals surface area contributed by atoms with Gasteiger partial charge in [0.25, 0.3) is 0 Å². The lowest BCUT2D eigenvalue weighted by molar-refractivity contribution is 0.0471. The fourth-order valence-corrected chi connectivity index (χ4v) is 4.21. The van der Waals surface area contributed by atoms with E-state index in [9.17, 15) is 5.11 Å². The van der Waals surface area contributed by atoms with Crippen molar-refractivity contribution in [1.29, 1.82) is 0 Å². The van der Waals surface area contributed by atoms with Gasteiger partial charge in [-0.2, -0.15) is 0 Å². The van der Waals surface area contributed by atoms with Crippen molar-refractivity contribution in [3.05, 3.63) is 35.1 Å². The van der Waals surface area contributed by atoms with E-state index in [-0.39, 0.29) is 12.0 Å². The van der Waals surface area contributed by atoms with Crippen LogP contribution in [-0.2, 0) is 4.74 Å². The number of allylic oxidation sites excluding steroid dienone is 4. The highest BCUT2D eigenvalue weighted by Gasteiger charge is 2.38. The minimum absolute atomic E-state index is 0.00201. The summed E-state index contributed by atoms with van der Waals surface area (Å²) in [4.78, 5) is 0. The molecule has 2 rings (SSSR count). The lowest BCUT2D eigenvalue weighted by Crippen LogP contribution is -2.36. The van der Waals surface area contributed by atoms with Crippen LogP contribution in [0, 0.1) is 17.8 Å². The molecule has 2 aliphatic rings. The van der Waals surface area contributed by atoms with Crippen LogP contribution in [0.1, 0.15) is 65.7 Å². The van der Waals surface area contributed by atoms with Crippen molar-refractivity contribution in [3.8, 4) is 0 Å². The summed E-state index contributed by atoms with van der Waals surface area (Å²) in [6.07, 6.45) is 15.0. The van der Waals surface area contributed by atoms with E-state index in [1.807, 2.05) is 6.08 Å².